The molecule has 19 heavy (non-hydrogen) atoms. The molecule has 0 unspecified atom stereocenters. The van der Waals surface area contributed by atoms with E-state index in [0.29, 0.717) is 0 Å². The zero-order valence-corrected chi connectivity index (χ0v) is 11.8. The van der Waals surface area contributed by atoms with E-state index in [4.69, 9.17) is 0 Å². The van der Waals surface area contributed by atoms with E-state index in [1.165, 1.54) is 16.8 Å². The second-order valence-electron chi connectivity index (χ2n) is 4.69. The Labute approximate surface area is 116 Å². The lowest BCUT2D eigenvalue weighted by Gasteiger charge is -2.19. The van der Waals surface area contributed by atoms with Crippen LogP contribution in [0.1, 0.15) is 6.92 Å². The second kappa shape index (κ2) is 6.95. The minimum Gasteiger partial charge on any atom is -0.373 e. The first-order valence-electron chi connectivity index (χ1n) is 6.88. The Bertz CT molecular complexity index is 476. The smallest absolute Gasteiger partial charge is 0.0364 e. The average molecular weight is 254 g/mol. The van der Waals surface area contributed by atoms with Crippen LogP contribution in [0.15, 0.2) is 54.6 Å². The van der Waals surface area contributed by atoms with E-state index in [0.717, 1.165) is 19.6 Å². The predicted molar refractivity (Wildman–Crippen MR) is 83.7 cm³/mol. The van der Waals surface area contributed by atoms with E-state index in [2.05, 4.69) is 72.7 Å². The normalized spacial score (nSPS) is 10.4. The third kappa shape index (κ3) is 3.83. The highest BCUT2D eigenvalue weighted by atomic mass is 15.1. The van der Waals surface area contributed by atoms with Gasteiger partial charge >= 0.3 is 0 Å². The summed E-state index contributed by atoms with van der Waals surface area (Å²) in [5, 5.41) is 3.34. The number of rotatable bonds is 6. The van der Waals surface area contributed by atoms with Crippen molar-refractivity contribution >= 4 is 5.69 Å². The van der Waals surface area contributed by atoms with Crippen molar-refractivity contribution in [3.05, 3.63) is 54.6 Å². The Balaban J connectivity index is 2.02. The van der Waals surface area contributed by atoms with Gasteiger partial charge in [0, 0.05) is 25.8 Å². The van der Waals surface area contributed by atoms with E-state index >= 15 is 0 Å². The first kappa shape index (κ1) is 13.6. The molecule has 2 nitrogen and oxygen atoms in total. The molecule has 0 aromatic heterocycles. The van der Waals surface area contributed by atoms with Crippen LogP contribution >= 0.6 is 0 Å². The van der Waals surface area contributed by atoms with Crippen LogP contribution in [-0.2, 0) is 0 Å². The molecule has 100 valence electrons. The fraction of sp³-hybridized carbons (Fsp3) is 0.294. The highest BCUT2D eigenvalue weighted by Crippen LogP contribution is 2.22. The third-order valence-corrected chi connectivity index (χ3v) is 3.29. The maximum Gasteiger partial charge on any atom is 0.0364 e. The molecule has 1 N–H and O–H groups in total. The fourth-order valence-electron chi connectivity index (χ4n) is 2.09. The van der Waals surface area contributed by atoms with Gasteiger partial charge in [0.2, 0.25) is 0 Å². The maximum atomic E-state index is 3.34. The van der Waals surface area contributed by atoms with Crippen LogP contribution < -0.4 is 10.2 Å². The van der Waals surface area contributed by atoms with Crippen LogP contribution in [-0.4, -0.2) is 26.7 Å². The van der Waals surface area contributed by atoms with Gasteiger partial charge in [-0.05, 0) is 29.8 Å². The van der Waals surface area contributed by atoms with Crippen LogP contribution in [0.25, 0.3) is 11.1 Å². The Morgan fingerprint density at radius 3 is 2.16 bits per heavy atom. The number of likely N-dealkylation sites (N-methyl/N-ethyl adjacent to an activating group) is 2. The van der Waals surface area contributed by atoms with Crippen LogP contribution in [0, 0.1) is 0 Å². The number of hydrogen-bond acceptors (Lipinski definition) is 2. The predicted octanol–water partition coefficient (Wildman–Crippen LogP) is 3.40. The molecule has 0 heterocycles. The van der Waals surface area contributed by atoms with Gasteiger partial charge in [-0.2, -0.15) is 0 Å². The van der Waals surface area contributed by atoms with Crippen LogP contribution in [0.5, 0.6) is 0 Å². The molecule has 2 aromatic rings. The molecule has 0 aliphatic rings. The van der Waals surface area contributed by atoms with Gasteiger partial charge in [-0.25, -0.2) is 0 Å². The van der Waals surface area contributed by atoms with Gasteiger partial charge in [-0.3, -0.25) is 0 Å². The van der Waals surface area contributed by atoms with Crippen molar-refractivity contribution in [1.82, 2.24) is 5.32 Å². The number of benzene rings is 2. The Kier molecular flexibility index (Phi) is 4.99. The largest absolute Gasteiger partial charge is 0.373 e. The first-order chi connectivity index (χ1) is 9.31. The summed E-state index contributed by atoms with van der Waals surface area (Å²) in [5.41, 5.74) is 3.80. The van der Waals surface area contributed by atoms with E-state index in [1.807, 2.05) is 6.07 Å². The standard InChI is InChI=1S/C17H22N2/c1-3-18-13-14-19(2)17-11-9-16(10-12-17)15-7-5-4-6-8-15/h4-12,18H,3,13-14H2,1-2H3. The van der Waals surface area contributed by atoms with E-state index in [1.54, 1.807) is 0 Å². The quantitative estimate of drug-likeness (QED) is 0.795. The molecule has 0 amide bonds. The molecule has 0 bridgehead atoms. The average Bonchev–Trinajstić information content (AvgIpc) is 2.48. The van der Waals surface area contributed by atoms with Crippen molar-refractivity contribution < 1.29 is 0 Å². The van der Waals surface area contributed by atoms with Crippen LogP contribution in [0.4, 0.5) is 5.69 Å². The molecule has 0 fully saturated rings. The van der Waals surface area contributed by atoms with Crippen molar-refractivity contribution in [3.63, 3.8) is 0 Å². The Morgan fingerprint density at radius 1 is 0.895 bits per heavy atom. The molecule has 0 atom stereocenters. The second-order valence-corrected chi connectivity index (χ2v) is 4.69. The summed E-state index contributed by atoms with van der Waals surface area (Å²) in [7, 11) is 2.13. The van der Waals surface area contributed by atoms with Crippen molar-refractivity contribution in [1.29, 1.82) is 0 Å². The van der Waals surface area contributed by atoms with Gasteiger partial charge < -0.3 is 10.2 Å². The van der Waals surface area contributed by atoms with Crippen molar-refractivity contribution in [2.45, 2.75) is 6.92 Å². The lowest BCUT2D eigenvalue weighted by molar-refractivity contribution is 0.706. The summed E-state index contributed by atoms with van der Waals surface area (Å²) >= 11 is 0. The van der Waals surface area contributed by atoms with Crippen LogP contribution in [0.3, 0.4) is 0 Å². The van der Waals surface area contributed by atoms with Gasteiger partial charge in [0.25, 0.3) is 0 Å². The molecule has 2 aromatic carbocycles. The van der Waals surface area contributed by atoms with Gasteiger partial charge in [-0.15, -0.1) is 0 Å². The van der Waals surface area contributed by atoms with Gasteiger partial charge in [0.05, 0.1) is 0 Å². The topological polar surface area (TPSA) is 15.3 Å². The van der Waals surface area contributed by atoms with Crippen molar-refractivity contribution in [2.75, 3.05) is 31.6 Å². The lowest BCUT2D eigenvalue weighted by Crippen LogP contribution is -2.28. The van der Waals surface area contributed by atoms with E-state index in [-0.39, 0.29) is 0 Å². The SMILES string of the molecule is CCNCCN(C)c1ccc(-c2ccccc2)cc1. The monoisotopic (exact) mass is 254 g/mol. The zero-order valence-electron chi connectivity index (χ0n) is 11.8. The summed E-state index contributed by atoms with van der Waals surface area (Å²) in [6.07, 6.45) is 0. The molecular formula is C17H22N2. The highest BCUT2D eigenvalue weighted by Gasteiger charge is 2.01. The number of nitrogens with one attached hydrogen (secondary N) is 1. The molecule has 0 aliphatic carbocycles. The van der Waals surface area contributed by atoms with Crippen molar-refractivity contribution in [2.24, 2.45) is 0 Å². The minimum absolute atomic E-state index is 1.02. The summed E-state index contributed by atoms with van der Waals surface area (Å²) < 4.78 is 0. The van der Waals surface area contributed by atoms with Crippen LogP contribution in [0.2, 0.25) is 0 Å². The first-order valence-corrected chi connectivity index (χ1v) is 6.88. The zero-order chi connectivity index (χ0) is 13.5. The molecule has 0 spiro atoms. The minimum atomic E-state index is 1.02. The summed E-state index contributed by atoms with van der Waals surface area (Å²) in [5.74, 6) is 0. The Hall–Kier alpha value is -1.80. The Morgan fingerprint density at radius 2 is 1.53 bits per heavy atom. The third-order valence-electron chi connectivity index (χ3n) is 3.29. The summed E-state index contributed by atoms with van der Waals surface area (Å²) in [6.45, 7) is 5.21. The molecular weight excluding hydrogens is 232 g/mol. The molecule has 0 aliphatic heterocycles. The lowest BCUT2D eigenvalue weighted by atomic mass is 10.1. The molecule has 2 heteroatoms. The molecule has 0 radical (unpaired) electrons. The number of nitrogens with zero attached hydrogens (tertiary/aromatic N) is 1. The molecule has 0 saturated heterocycles. The fourth-order valence-corrected chi connectivity index (χ4v) is 2.09. The summed E-state index contributed by atoms with van der Waals surface area (Å²) in [4.78, 5) is 2.28. The van der Waals surface area contributed by atoms with Gasteiger partial charge in [0.15, 0.2) is 0 Å². The number of hydrogen-bond donors (Lipinski definition) is 1. The van der Waals surface area contributed by atoms with E-state index in [9.17, 15) is 0 Å². The van der Waals surface area contributed by atoms with Crippen molar-refractivity contribution in [3.8, 4) is 11.1 Å². The maximum absolute atomic E-state index is 3.34. The summed E-state index contributed by atoms with van der Waals surface area (Å²) in [6, 6.07) is 19.2. The van der Waals surface area contributed by atoms with Gasteiger partial charge in [-0.1, -0.05) is 49.4 Å². The van der Waals surface area contributed by atoms with E-state index < -0.39 is 0 Å². The van der Waals surface area contributed by atoms with Gasteiger partial charge in [0.1, 0.15) is 0 Å². The molecule has 2 rings (SSSR count). The highest BCUT2D eigenvalue weighted by molar-refractivity contribution is 5.66. The molecule has 0 saturated carbocycles. The number of anilines is 1.